The van der Waals surface area contributed by atoms with E-state index in [1.807, 2.05) is 0 Å². The van der Waals surface area contributed by atoms with Crippen molar-refractivity contribution in [2.75, 3.05) is 18.9 Å². The minimum Gasteiger partial charge on any atom is -0.399 e. The molecule has 1 aromatic carbocycles. The molecule has 22 heavy (non-hydrogen) atoms. The third kappa shape index (κ3) is 2.77. The normalized spacial score (nSPS) is 24.6. The zero-order chi connectivity index (χ0) is 16.0. The Morgan fingerprint density at radius 2 is 1.64 bits per heavy atom. The molecule has 0 spiro atoms. The maximum atomic E-state index is 6.29. The minimum absolute atomic E-state index is 0.344. The summed E-state index contributed by atoms with van der Waals surface area (Å²) in [5, 5.41) is 0. The van der Waals surface area contributed by atoms with Gasteiger partial charge in [-0.05, 0) is 58.1 Å². The molecule has 0 unspecified atom stereocenters. The van der Waals surface area contributed by atoms with Crippen LogP contribution < -0.4 is 11.2 Å². The highest BCUT2D eigenvalue weighted by Crippen LogP contribution is 2.37. The van der Waals surface area contributed by atoms with Crippen molar-refractivity contribution in [3.05, 3.63) is 23.8 Å². The van der Waals surface area contributed by atoms with Crippen LogP contribution in [0.25, 0.3) is 0 Å². The highest BCUT2D eigenvalue weighted by Gasteiger charge is 2.52. The zero-order valence-electron chi connectivity index (χ0n) is 14.0. The average Bonchev–Trinajstić information content (AvgIpc) is 2.68. The fourth-order valence-corrected chi connectivity index (χ4v) is 3.06. The van der Waals surface area contributed by atoms with Crippen LogP contribution in [0.15, 0.2) is 18.2 Å². The summed E-state index contributed by atoms with van der Waals surface area (Å²) >= 11 is 0. The predicted molar refractivity (Wildman–Crippen MR) is 89.4 cm³/mol. The zero-order valence-corrected chi connectivity index (χ0v) is 14.0. The molecule has 0 atom stereocenters. The number of hydrogen-bond donors (Lipinski definition) is 1. The lowest BCUT2D eigenvalue weighted by Gasteiger charge is -2.32. The predicted octanol–water partition coefficient (Wildman–Crippen LogP) is 2.46. The topological polar surface area (TPSA) is 53.7 Å². The van der Waals surface area contributed by atoms with Crippen LogP contribution in [0.4, 0.5) is 5.69 Å². The highest BCUT2D eigenvalue weighted by atomic mass is 16.7. The summed E-state index contributed by atoms with van der Waals surface area (Å²) in [6, 6.07) is 6.30. The summed E-state index contributed by atoms with van der Waals surface area (Å²) < 4.78 is 17.6. The maximum absolute atomic E-state index is 6.29. The SMILES string of the molecule is CC1(C)OB(c2ccc(C3CCOCC3)cc2N)OC1(C)C. The third-order valence-corrected chi connectivity index (χ3v) is 5.31. The number of nitrogen functional groups attached to an aromatic ring is 1. The highest BCUT2D eigenvalue weighted by molar-refractivity contribution is 6.63. The van der Waals surface area contributed by atoms with Gasteiger partial charge in [0, 0.05) is 24.4 Å². The second-order valence-corrected chi connectivity index (χ2v) is 7.36. The summed E-state index contributed by atoms with van der Waals surface area (Å²) in [6.45, 7) is 9.89. The fraction of sp³-hybridized carbons (Fsp3) is 0.647. The molecule has 0 aromatic heterocycles. The molecule has 2 fully saturated rings. The molecule has 2 N–H and O–H groups in total. The van der Waals surface area contributed by atoms with Crippen LogP contribution in [0.1, 0.15) is 52.0 Å². The van der Waals surface area contributed by atoms with Crippen molar-refractivity contribution in [2.24, 2.45) is 0 Å². The molecule has 120 valence electrons. The van der Waals surface area contributed by atoms with Gasteiger partial charge in [0.1, 0.15) is 0 Å². The number of benzene rings is 1. The Kier molecular flexibility index (Phi) is 4.00. The molecule has 0 saturated carbocycles. The molecule has 2 heterocycles. The summed E-state index contributed by atoms with van der Waals surface area (Å²) in [5.41, 5.74) is 8.58. The molecule has 1 aromatic rings. The molecule has 0 amide bonds. The van der Waals surface area contributed by atoms with E-state index in [1.165, 1.54) is 5.56 Å². The van der Waals surface area contributed by atoms with E-state index in [2.05, 4.69) is 45.9 Å². The van der Waals surface area contributed by atoms with Crippen LogP contribution in [0.5, 0.6) is 0 Å². The Hall–Kier alpha value is -1.04. The Morgan fingerprint density at radius 1 is 1.05 bits per heavy atom. The van der Waals surface area contributed by atoms with Crippen LogP contribution in [-0.4, -0.2) is 31.5 Å². The monoisotopic (exact) mass is 303 g/mol. The average molecular weight is 303 g/mol. The molecule has 3 rings (SSSR count). The van der Waals surface area contributed by atoms with Gasteiger partial charge in [-0.2, -0.15) is 0 Å². The number of ether oxygens (including phenoxy) is 1. The van der Waals surface area contributed by atoms with E-state index < -0.39 is 7.12 Å². The van der Waals surface area contributed by atoms with Gasteiger partial charge in [0.2, 0.25) is 0 Å². The van der Waals surface area contributed by atoms with Crippen molar-refractivity contribution in [1.82, 2.24) is 0 Å². The summed E-state index contributed by atoms with van der Waals surface area (Å²) in [6.07, 6.45) is 2.13. The van der Waals surface area contributed by atoms with E-state index in [9.17, 15) is 0 Å². The van der Waals surface area contributed by atoms with E-state index in [0.717, 1.165) is 37.2 Å². The van der Waals surface area contributed by atoms with Gasteiger partial charge in [-0.1, -0.05) is 12.1 Å². The Labute approximate surface area is 133 Å². The number of hydrogen-bond acceptors (Lipinski definition) is 4. The van der Waals surface area contributed by atoms with Gasteiger partial charge in [-0.25, -0.2) is 0 Å². The molecule has 0 radical (unpaired) electrons. The Bertz CT molecular complexity index is 537. The Balaban J connectivity index is 1.81. The third-order valence-electron chi connectivity index (χ3n) is 5.31. The lowest BCUT2D eigenvalue weighted by Crippen LogP contribution is -2.41. The van der Waals surface area contributed by atoms with E-state index in [0.29, 0.717) is 5.92 Å². The van der Waals surface area contributed by atoms with Crippen molar-refractivity contribution in [3.8, 4) is 0 Å². The second-order valence-electron chi connectivity index (χ2n) is 7.36. The van der Waals surface area contributed by atoms with E-state index >= 15 is 0 Å². The first kappa shape index (κ1) is 15.8. The van der Waals surface area contributed by atoms with E-state index in [-0.39, 0.29) is 11.2 Å². The van der Waals surface area contributed by atoms with E-state index in [1.54, 1.807) is 0 Å². The van der Waals surface area contributed by atoms with Gasteiger partial charge in [-0.15, -0.1) is 0 Å². The molecular formula is C17H26BNO3. The van der Waals surface area contributed by atoms with Crippen LogP contribution in [0.2, 0.25) is 0 Å². The molecule has 2 aliphatic rings. The summed E-state index contributed by atoms with van der Waals surface area (Å²) in [7, 11) is -0.395. The van der Waals surface area contributed by atoms with Crippen molar-refractivity contribution in [1.29, 1.82) is 0 Å². The summed E-state index contributed by atoms with van der Waals surface area (Å²) in [4.78, 5) is 0. The largest absolute Gasteiger partial charge is 0.496 e. The van der Waals surface area contributed by atoms with Crippen LogP contribution in [0, 0.1) is 0 Å². The number of nitrogens with two attached hydrogens (primary N) is 1. The molecule has 4 nitrogen and oxygen atoms in total. The van der Waals surface area contributed by atoms with Gasteiger partial charge in [0.05, 0.1) is 11.2 Å². The van der Waals surface area contributed by atoms with Crippen LogP contribution in [-0.2, 0) is 14.0 Å². The number of rotatable bonds is 2. The lowest BCUT2D eigenvalue weighted by atomic mass is 9.76. The Morgan fingerprint density at radius 3 is 2.18 bits per heavy atom. The first-order valence-corrected chi connectivity index (χ1v) is 8.13. The fourth-order valence-electron chi connectivity index (χ4n) is 3.06. The van der Waals surface area contributed by atoms with Gasteiger partial charge in [0.25, 0.3) is 0 Å². The van der Waals surface area contributed by atoms with Gasteiger partial charge < -0.3 is 19.8 Å². The molecule has 0 aliphatic carbocycles. The first-order valence-electron chi connectivity index (χ1n) is 8.13. The van der Waals surface area contributed by atoms with Crippen molar-refractivity contribution in [2.45, 2.75) is 57.7 Å². The van der Waals surface area contributed by atoms with Gasteiger partial charge >= 0.3 is 7.12 Å². The molecular weight excluding hydrogens is 277 g/mol. The maximum Gasteiger partial charge on any atom is 0.496 e. The molecule has 5 heteroatoms. The smallest absolute Gasteiger partial charge is 0.399 e. The number of anilines is 1. The standard InChI is InChI=1S/C17H26BNO3/c1-16(2)17(3,4)22-18(21-16)14-6-5-13(11-15(14)19)12-7-9-20-10-8-12/h5-6,11-12H,7-10,19H2,1-4H3. The quantitative estimate of drug-likeness (QED) is 0.673. The summed E-state index contributed by atoms with van der Waals surface area (Å²) in [5.74, 6) is 0.545. The van der Waals surface area contributed by atoms with Crippen molar-refractivity contribution >= 4 is 18.3 Å². The molecule has 2 saturated heterocycles. The second kappa shape index (κ2) is 5.55. The van der Waals surface area contributed by atoms with Gasteiger partial charge in [0.15, 0.2) is 0 Å². The van der Waals surface area contributed by atoms with Crippen molar-refractivity contribution < 1.29 is 14.0 Å². The van der Waals surface area contributed by atoms with Crippen LogP contribution >= 0.6 is 0 Å². The molecule has 2 aliphatic heterocycles. The lowest BCUT2D eigenvalue weighted by molar-refractivity contribution is 0.00578. The first-order chi connectivity index (χ1) is 10.3. The van der Waals surface area contributed by atoms with Gasteiger partial charge in [-0.3, -0.25) is 0 Å². The van der Waals surface area contributed by atoms with E-state index in [4.69, 9.17) is 19.8 Å². The molecule has 0 bridgehead atoms. The minimum atomic E-state index is -0.395. The van der Waals surface area contributed by atoms with Crippen LogP contribution in [0.3, 0.4) is 0 Å². The van der Waals surface area contributed by atoms with Crippen molar-refractivity contribution in [3.63, 3.8) is 0 Å².